The van der Waals surface area contributed by atoms with Crippen molar-refractivity contribution >= 4 is 5.69 Å². The van der Waals surface area contributed by atoms with Gasteiger partial charge in [0.2, 0.25) is 0 Å². The number of benzene rings is 3. The summed E-state index contributed by atoms with van der Waals surface area (Å²) in [5.74, 6) is 1.85. The fraction of sp³-hybridized carbons (Fsp3) is 0.182. The molecule has 0 amide bonds. The summed E-state index contributed by atoms with van der Waals surface area (Å²) < 4.78 is 5.81. The molecule has 3 rings (SSSR count). The number of rotatable bonds is 6. The van der Waals surface area contributed by atoms with Gasteiger partial charge in [0.05, 0.1) is 4.92 Å². The number of phenols is 1. The SMILES string of the molecule is Cc1cc(Oc2ccc([N+](=O)[O-])cc2)ccc1C(C)Cc1ccc(O)cc1. The molecular weight excluding hydrogens is 342 g/mol. The maximum absolute atomic E-state index is 10.7. The predicted molar refractivity (Wildman–Crippen MR) is 105 cm³/mol. The van der Waals surface area contributed by atoms with Gasteiger partial charge in [0.25, 0.3) is 5.69 Å². The first kappa shape index (κ1) is 18.5. The monoisotopic (exact) mass is 363 g/mol. The molecule has 0 radical (unpaired) electrons. The van der Waals surface area contributed by atoms with Crippen LogP contribution in [0.25, 0.3) is 0 Å². The molecule has 0 saturated heterocycles. The van der Waals surface area contributed by atoms with Crippen molar-refractivity contribution in [2.75, 3.05) is 0 Å². The van der Waals surface area contributed by atoms with Crippen LogP contribution in [-0.4, -0.2) is 10.0 Å². The third-order valence-electron chi connectivity index (χ3n) is 4.53. The lowest BCUT2D eigenvalue weighted by atomic mass is 9.90. The minimum Gasteiger partial charge on any atom is -0.508 e. The van der Waals surface area contributed by atoms with Gasteiger partial charge in [-0.2, -0.15) is 0 Å². The number of ether oxygens (including phenoxy) is 1. The van der Waals surface area contributed by atoms with E-state index in [0.29, 0.717) is 17.4 Å². The summed E-state index contributed by atoms with van der Waals surface area (Å²) in [5.41, 5.74) is 3.57. The molecule has 5 heteroatoms. The van der Waals surface area contributed by atoms with E-state index in [4.69, 9.17) is 4.74 Å². The first-order chi connectivity index (χ1) is 12.9. The molecule has 27 heavy (non-hydrogen) atoms. The van der Waals surface area contributed by atoms with Gasteiger partial charge in [0.1, 0.15) is 17.2 Å². The molecule has 0 aromatic heterocycles. The Kier molecular flexibility index (Phi) is 5.41. The molecule has 0 aliphatic rings. The standard InChI is InChI=1S/C22H21NO4/c1-15(13-17-3-7-19(24)8-4-17)22-12-11-21(14-16(22)2)27-20-9-5-18(6-10-20)23(25)26/h3-12,14-15,24H,13H2,1-2H3. The number of aromatic hydroxyl groups is 1. The molecule has 138 valence electrons. The second kappa shape index (κ2) is 7.91. The Bertz CT molecular complexity index is 934. The zero-order valence-corrected chi connectivity index (χ0v) is 15.3. The van der Waals surface area contributed by atoms with E-state index in [1.807, 2.05) is 31.2 Å². The van der Waals surface area contributed by atoms with Gasteiger partial charge < -0.3 is 9.84 Å². The van der Waals surface area contributed by atoms with Crippen LogP contribution in [-0.2, 0) is 6.42 Å². The molecule has 0 saturated carbocycles. The van der Waals surface area contributed by atoms with Crippen LogP contribution in [0.4, 0.5) is 5.69 Å². The molecule has 3 aromatic rings. The second-order valence-corrected chi connectivity index (χ2v) is 6.64. The highest BCUT2D eigenvalue weighted by atomic mass is 16.6. The van der Waals surface area contributed by atoms with Gasteiger partial charge >= 0.3 is 0 Å². The lowest BCUT2D eigenvalue weighted by molar-refractivity contribution is -0.384. The van der Waals surface area contributed by atoms with Crippen LogP contribution in [0, 0.1) is 17.0 Å². The van der Waals surface area contributed by atoms with Gasteiger partial charge in [-0.05, 0) is 72.4 Å². The zero-order chi connectivity index (χ0) is 19.4. The number of hydrogen-bond donors (Lipinski definition) is 1. The van der Waals surface area contributed by atoms with Crippen molar-refractivity contribution in [1.29, 1.82) is 0 Å². The molecule has 1 atom stereocenters. The van der Waals surface area contributed by atoms with Crippen molar-refractivity contribution in [2.24, 2.45) is 0 Å². The number of aryl methyl sites for hydroxylation is 1. The van der Waals surface area contributed by atoms with Gasteiger partial charge in [0, 0.05) is 12.1 Å². The minimum atomic E-state index is -0.432. The van der Waals surface area contributed by atoms with Crippen LogP contribution in [0.15, 0.2) is 66.7 Å². The Morgan fingerprint density at radius 2 is 1.63 bits per heavy atom. The second-order valence-electron chi connectivity index (χ2n) is 6.64. The van der Waals surface area contributed by atoms with Crippen molar-refractivity contribution in [2.45, 2.75) is 26.2 Å². The van der Waals surface area contributed by atoms with E-state index in [1.54, 1.807) is 24.3 Å². The molecule has 0 spiro atoms. The molecule has 5 nitrogen and oxygen atoms in total. The summed E-state index contributed by atoms with van der Waals surface area (Å²) in [5, 5.41) is 20.1. The van der Waals surface area contributed by atoms with E-state index in [1.165, 1.54) is 23.3 Å². The van der Waals surface area contributed by atoms with Crippen LogP contribution < -0.4 is 4.74 Å². The maximum atomic E-state index is 10.7. The highest BCUT2D eigenvalue weighted by Gasteiger charge is 2.11. The molecule has 3 aromatic carbocycles. The molecular formula is C22H21NO4. The number of nitro groups is 1. The van der Waals surface area contributed by atoms with E-state index in [9.17, 15) is 15.2 Å². The normalized spacial score (nSPS) is 11.8. The summed E-state index contributed by atoms with van der Waals surface area (Å²) in [4.78, 5) is 10.3. The molecule has 0 heterocycles. The van der Waals surface area contributed by atoms with E-state index < -0.39 is 4.92 Å². The third kappa shape index (κ3) is 4.64. The summed E-state index contributed by atoms with van der Waals surface area (Å²) in [6, 6.07) is 19.3. The van der Waals surface area contributed by atoms with Gasteiger partial charge in [-0.25, -0.2) is 0 Å². The smallest absolute Gasteiger partial charge is 0.269 e. The van der Waals surface area contributed by atoms with Gasteiger partial charge in [0.15, 0.2) is 0 Å². The number of non-ortho nitro benzene ring substituents is 1. The lowest BCUT2D eigenvalue weighted by Gasteiger charge is -2.16. The topological polar surface area (TPSA) is 72.6 Å². The van der Waals surface area contributed by atoms with Crippen molar-refractivity contribution in [3.63, 3.8) is 0 Å². The average Bonchev–Trinajstić information content (AvgIpc) is 2.64. The largest absolute Gasteiger partial charge is 0.508 e. The quantitative estimate of drug-likeness (QED) is 0.447. The fourth-order valence-electron chi connectivity index (χ4n) is 3.13. The Hall–Kier alpha value is -3.34. The minimum absolute atomic E-state index is 0.0388. The van der Waals surface area contributed by atoms with Crippen LogP contribution in [0.3, 0.4) is 0 Å². The number of nitro benzene ring substituents is 1. The van der Waals surface area contributed by atoms with Crippen LogP contribution >= 0.6 is 0 Å². The Balaban J connectivity index is 1.70. The number of hydrogen-bond acceptors (Lipinski definition) is 4. The van der Waals surface area contributed by atoms with E-state index in [-0.39, 0.29) is 11.4 Å². The van der Waals surface area contributed by atoms with Crippen molar-refractivity contribution in [3.8, 4) is 17.2 Å². The van der Waals surface area contributed by atoms with Crippen molar-refractivity contribution < 1.29 is 14.8 Å². The first-order valence-corrected chi connectivity index (χ1v) is 8.73. The van der Waals surface area contributed by atoms with Crippen LogP contribution in [0.2, 0.25) is 0 Å². The van der Waals surface area contributed by atoms with Gasteiger partial charge in [-0.3, -0.25) is 10.1 Å². The fourth-order valence-corrected chi connectivity index (χ4v) is 3.13. The summed E-state index contributed by atoms with van der Waals surface area (Å²) in [6.45, 7) is 4.22. The summed E-state index contributed by atoms with van der Waals surface area (Å²) in [7, 11) is 0. The number of nitrogens with zero attached hydrogens (tertiary/aromatic N) is 1. The van der Waals surface area contributed by atoms with Crippen LogP contribution in [0.1, 0.15) is 29.5 Å². The summed E-state index contributed by atoms with van der Waals surface area (Å²) >= 11 is 0. The zero-order valence-electron chi connectivity index (χ0n) is 15.3. The Morgan fingerprint density at radius 1 is 1.00 bits per heavy atom. The molecule has 0 fully saturated rings. The highest BCUT2D eigenvalue weighted by Crippen LogP contribution is 2.30. The molecule has 1 unspecified atom stereocenters. The van der Waals surface area contributed by atoms with Crippen molar-refractivity contribution in [3.05, 3.63) is 93.5 Å². The maximum Gasteiger partial charge on any atom is 0.269 e. The number of phenolic OH excluding ortho intramolecular Hbond substituents is 1. The summed E-state index contributed by atoms with van der Waals surface area (Å²) in [6.07, 6.45) is 0.879. The Morgan fingerprint density at radius 3 is 2.22 bits per heavy atom. The highest BCUT2D eigenvalue weighted by molar-refractivity contribution is 5.42. The molecule has 0 aliphatic carbocycles. The van der Waals surface area contributed by atoms with E-state index in [2.05, 4.69) is 13.0 Å². The third-order valence-corrected chi connectivity index (χ3v) is 4.53. The van der Waals surface area contributed by atoms with Crippen LogP contribution in [0.5, 0.6) is 17.2 Å². The average molecular weight is 363 g/mol. The van der Waals surface area contributed by atoms with Gasteiger partial charge in [-0.15, -0.1) is 0 Å². The molecule has 0 bridgehead atoms. The molecule has 1 N–H and O–H groups in total. The first-order valence-electron chi connectivity index (χ1n) is 8.73. The Labute approximate surface area is 158 Å². The lowest BCUT2D eigenvalue weighted by Crippen LogP contribution is -2.01. The van der Waals surface area contributed by atoms with Gasteiger partial charge in [-0.1, -0.05) is 25.1 Å². The predicted octanol–water partition coefficient (Wildman–Crippen LogP) is 5.75. The molecule has 0 aliphatic heterocycles. The van der Waals surface area contributed by atoms with Crippen molar-refractivity contribution in [1.82, 2.24) is 0 Å². The van der Waals surface area contributed by atoms with E-state index >= 15 is 0 Å². The van der Waals surface area contributed by atoms with E-state index in [0.717, 1.165) is 12.0 Å².